The number of fused-ring (bicyclic) bond motifs is 12. The first-order chi connectivity index (χ1) is 29.2. The maximum absolute atomic E-state index is 4.40. The Kier molecular flexibility index (Phi) is 7.26. The molecule has 0 spiro atoms. The van der Waals surface area contributed by atoms with Gasteiger partial charge in [-0.05, 0) is 79.7 Å². The normalized spacial score (nSPS) is 12.2. The first-order valence-electron chi connectivity index (χ1n) is 20.3. The lowest BCUT2D eigenvalue weighted by atomic mass is 10.1. The van der Waals surface area contributed by atoms with Gasteiger partial charge in [0.05, 0.1) is 44.3 Å². The highest BCUT2D eigenvalue weighted by atomic mass is 15.1. The molecular formula is C55H38N4. The molecule has 0 amide bonds. The summed E-state index contributed by atoms with van der Waals surface area (Å²) < 4.78 is 9.76. The Morgan fingerprint density at radius 1 is 0.339 bits per heavy atom. The van der Waals surface area contributed by atoms with Gasteiger partial charge in [0, 0.05) is 66.0 Å². The van der Waals surface area contributed by atoms with Crippen LogP contribution in [0.4, 0.5) is 0 Å². The van der Waals surface area contributed by atoms with Crippen LogP contribution in [0.5, 0.6) is 0 Å². The van der Waals surface area contributed by atoms with Gasteiger partial charge in [-0.25, -0.2) is 0 Å². The number of para-hydroxylation sites is 5. The van der Waals surface area contributed by atoms with Crippen molar-refractivity contribution >= 4 is 88.5 Å². The molecule has 4 heterocycles. The summed E-state index contributed by atoms with van der Waals surface area (Å²) in [5.74, 6) is 0. The fourth-order valence-electron chi connectivity index (χ4n) is 9.88. The molecule has 4 heteroatoms. The van der Waals surface area contributed by atoms with Gasteiger partial charge in [0.15, 0.2) is 0 Å². The highest BCUT2D eigenvalue weighted by Gasteiger charge is 2.24. The SMILES string of the molecule is C=Cc1c(/C=C\C)c2ccc3c4ccccc4n(-c4ccccc4)c3c2n1-c1ccc(-n2c3ccccc3c3ccc4c5ccccc5n(-c5ccccc5)c4c32)cc1. The van der Waals surface area contributed by atoms with Crippen LogP contribution in [0.15, 0.2) is 195 Å². The summed E-state index contributed by atoms with van der Waals surface area (Å²) in [4.78, 5) is 0. The van der Waals surface area contributed by atoms with E-state index in [-0.39, 0.29) is 0 Å². The molecule has 59 heavy (non-hydrogen) atoms. The molecule has 0 unspecified atom stereocenters. The molecule has 0 aliphatic carbocycles. The van der Waals surface area contributed by atoms with E-state index in [4.69, 9.17) is 0 Å². The molecule has 12 rings (SSSR count). The highest BCUT2D eigenvalue weighted by Crippen LogP contribution is 2.44. The minimum atomic E-state index is 1.06. The minimum Gasteiger partial charge on any atom is -0.307 e. The van der Waals surface area contributed by atoms with Crippen LogP contribution in [0.1, 0.15) is 18.2 Å². The van der Waals surface area contributed by atoms with Crippen LogP contribution in [-0.4, -0.2) is 18.3 Å². The smallest absolute Gasteiger partial charge is 0.0788 e. The van der Waals surface area contributed by atoms with Crippen molar-refractivity contribution in [3.63, 3.8) is 0 Å². The average molecular weight is 755 g/mol. The number of aromatic nitrogens is 4. The van der Waals surface area contributed by atoms with Gasteiger partial charge in [0.1, 0.15) is 0 Å². The predicted molar refractivity (Wildman–Crippen MR) is 251 cm³/mol. The van der Waals surface area contributed by atoms with Crippen molar-refractivity contribution in [1.82, 2.24) is 18.3 Å². The molecule has 8 aromatic carbocycles. The maximum atomic E-state index is 4.40. The number of rotatable bonds is 6. The van der Waals surface area contributed by atoms with Crippen LogP contribution in [0.2, 0.25) is 0 Å². The molecule has 0 aliphatic rings. The van der Waals surface area contributed by atoms with Crippen LogP contribution >= 0.6 is 0 Å². The second kappa shape index (κ2) is 12.9. The first kappa shape index (κ1) is 33.3. The second-order valence-electron chi connectivity index (χ2n) is 15.3. The fraction of sp³-hybridized carbons (Fsp3) is 0.0182. The van der Waals surface area contributed by atoms with Crippen molar-refractivity contribution < 1.29 is 0 Å². The van der Waals surface area contributed by atoms with Gasteiger partial charge in [0.2, 0.25) is 0 Å². The molecule has 0 N–H and O–H groups in total. The number of hydrogen-bond acceptors (Lipinski definition) is 0. The number of allylic oxidation sites excluding steroid dienone is 1. The van der Waals surface area contributed by atoms with Gasteiger partial charge >= 0.3 is 0 Å². The van der Waals surface area contributed by atoms with Gasteiger partial charge < -0.3 is 18.3 Å². The molecule has 0 saturated heterocycles. The monoisotopic (exact) mass is 754 g/mol. The Bertz CT molecular complexity index is 3660. The third-order valence-corrected chi connectivity index (χ3v) is 12.2. The van der Waals surface area contributed by atoms with Crippen LogP contribution < -0.4 is 0 Å². The topological polar surface area (TPSA) is 19.7 Å². The van der Waals surface area contributed by atoms with Crippen molar-refractivity contribution in [3.05, 3.63) is 206 Å². The number of nitrogens with zero attached hydrogens (tertiary/aromatic N) is 4. The summed E-state index contributed by atoms with van der Waals surface area (Å²) in [7, 11) is 0. The lowest BCUT2D eigenvalue weighted by molar-refractivity contribution is 1.09. The zero-order chi connectivity index (χ0) is 39.2. The van der Waals surface area contributed by atoms with Crippen LogP contribution in [0.3, 0.4) is 0 Å². The van der Waals surface area contributed by atoms with E-state index < -0.39 is 0 Å². The summed E-state index contributed by atoms with van der Waals surface area (Å²) in [6, 6.07) is 66.2. The molecule has 278 valence electrons. The fourth-order valence-corrected chi connectivity index (χ4v) is 9.88. The predicted octanol–water partition coefficient (Wildman–Crippen LogP) is 14.6. The second-order valence-corrected chi connectivity index (χ2v) is 15.3. The van der Waals surface area contributed by atoms with Crippen LogP contribution in [-0.2, 0) is 0 Å². The quantitative estimate of drug-likeness (QED) is 0.161. The van der Waals surface area contributed by atoms with E-state index >= 15 is 0 Å². The third-order valence-electron chi connectivity index (χ3n) is 12.2. The summed E-state index contributed by atoms with van der Waals surface area (Å²) >= 11 is 0. The molecular weight excluding hydrogens is 717 g/mol. The Morgan fingerprint density at radius 2 is 0.678 bits per heavy atom. The van der Waals surface area contributed by atoms with Crippen LogP contribution in [0.25, 0.3) is 111 Å². The molecule has 0 aliphatic heterocycles. The molecule has 4 aromatic heterocycles. The molecule has 0 fully saturated rings. The van der Waals surface area contributed by atoms with Gasteiger partial charge in [0.25, 0.3) is 0 Å². The Morgan fingerprint density at radius 3 is 1.08 bits per heavy atom. The van der Waals surface area contributed by atoms with Crippen LogP contribution in [0, 0.1) is 0 Å². The van der Waals surface area contributed by atoms with Crippen molar-refractivity contribution in [1.29, 1.82) is 0 Å². The van der Waals surface area contributed by atoms with Gasteiger partial charge in [-0.1, -0.05) is 134 Å². The van der Waals surface area contributed by atoms with E-state index in [1.807, 2.05) is 6.08 Å². The van der Waals surface area contributed by atoms with E-state index in [0.29, 0.717) is 0 Å². The average Bonchev–Trinajstić information content (AvgIpc) is 4.02. The van der Waals surface area contributed by atoms with E-state index in [9.17, 15) is 0 Å². The number of hydrogen-bond donors (Lipinski definition) is 0. The highest BCUT2D eigenvalue weighted by molar-refractivity contribution is 6.24. The summed E-state index contributed by atoms with van der Waals surface area (Å²) in [6.45, 7) is 6.48. The largest absolute Gasteiger partial charge is 0.307 e. The van der Waals surface area contributed by atoms with Crippen molar-refractivity contribution in [2.45, 2.75) is 6.92 Å². The zero-order valence-corrected chi connectivity index (χ0v) is 32.5. The Balaban J connectivity index is 1.17. The Labute approximate surface area is 341 Å². The molecule has 4 nitrogen and oxygen atoms in total. The minimum absolute atomic E-state index is 1.06. The standard InChI is InChI=1S/C55H38N4/c1-3-17-40-44-32-33-45-41-22-11-14-25-49(41)57(36-18-7-5-8-19-36)53(45)52(44)56(48(40)4-2)38-28-30-39(31-29-38)59-51-27-16-13-24-43(51)47-35-34-46-42-23-12-15-26-50(42)58(54(46)55(47)59)37-20-9-6-10-21-37/h3-35H,2H2,1H3/b17-3-. The lowest BCUT2D eigenvalue weighted by Gasteiger charge is -2.15. The van der Waals surface area contributed by atoms with Gasteiger partial charge in [-0.2, -0.15) is 0 Å². The summed E-state index contributed by atoms with van der Waals surface area (Å²) in [6.07, 6.45) is 6.36. The van der Waals surface area contributed by atoms with E-state index in [2.05, 4.69) is 226 Å². The molecule has 0 saturated carbocycles. The molecule has 12 aromatic rings. The zero-order valence-electron chi connectivity index (χ0n) is 32.5. The van der Waals surface area contributed by atoms with Crippen molar-refractivity contribution in [2.75, 3.05) is 0 Å². The first-order valence-corrected chi connectivity index (χ1v) is 20.3. The van der Waals surface area contributed by atoms with Crippen molar-refractivity contribution in [3.8, 4) is 22.7 Å². The third kappa shape index (κ3) is 4.66. The van der Waals surface area contributed by atoms with E-state index in [0.717, 1.165) is 39.5 Å². The van der Waals surface area contributed by atoms with Crippen molar-refractivity contribution in [2.24, 2.45) is 0 Å². The summed E-state index contributed by atoms with van der Waals surface area (Å²) in [5.41, 5.74) is 15.0. The lowest BCUT2D eigenvalue weighted by Crippen LogP contribution is -2.02. The molecule has 0 atom stereocenters. The Hall–Kier alpha value is -7.82. The molecule has 0 bridgehead atoms. The number of benzene rings is 8. The maximum Gasteiger partial charge on any atom is 0.0788 e. The summed E-state index contributed by atoms with van der Waals surface area (Å²) in [5, 5.41) is 8.58. The van der Waals surface area contributed by atoms with E-state index in [1.54, 1.807) is 0 Å². The van der Waals surface area contributed by atoms with E-state index in [1.165, 1.54) is 70.8 Å². The molecule has 0 radical (unpaired) electrons. The van der Waals surface area contributed by atoms with Gasteiger partial charge in [-0.3, -0.25) is 0 Å². The van der Waals surface area contributed by atoms with Gasteiger partial charge in [-0.15, -0.1) is 0 Å².